The van der Waals surface area contributed by atoms with Crippen molar-refractivity contribution < 1.29 is 14.6 Å². The van der Waals surface area contributed by atoms with E-state index >= 15 is 0 Å². The van der Waals surface area contributed by atoms with E-state index in [1.54, 1.807) is 30.6 Å². The van der Waals surface area contributed by atoms with Gasteiger partial charge in [-0.15, -0.1) is 11.3 Å². The summed E-state index contributed by atoms with van der Waals surface area (Å²) in [5.41, 5.74) is 0.804. The standard InChI is InChI=1S/C13H13BrO3S/c1-16-12-3-2-9(6-15)4-13(12)17-7-11-5-10(14)8-18-11/h2-5,8,15H,6-7H2,1H3. The Morgan fingerprint density at radius 1 is 1.28 bits per heavy atom. The number of halogens is 1. The number of hydrogen-bond acceptors (Lipinski definition) is 4. The first-order valence-corrected chi connectivity index (χ1v) is 7.03. The highest BCUT2D eigenvalue weighted by Gasteiger charge is 2.06. The van der Waals surface area contributed by atoms with Gasteiger partial charge in [0.2, 0.25) is 0 Å². The van der Waals surface area contributed by atoms with E-state index in [4.69, 9.17) is 14.6 Å². The molecule has 0 aliphatic heterocycles. The second-order valence-electron chi connectivity index (χ2n) is 3.66. The average molecular weight is 329 g/mol. The van der Waals surface area contributed by atoms with Crippen LogP contribution >= 0.6 is 27.3 Å². The predicted octanol–water partition coefficient (Wildman–Crippen LogP) is 3.59. The van der Waals surface area contributed by atoms with Gasteiger partial charge in [-0.25, -0.2) is 0 Å². The molecule has 0 saturated heterocycles. The van der Waals surface area contributed by atoms with Crippen LogP contribution in [-0.4, -0.2) is 12.2 Å². The third kappa shape index (κ3) is 3.25. The lowest BCUT2D eigenvalue weighted by molar-refractivity contribution is 0.273. The molecule has 0 aliphatic carbocycles. The number of rotatable bonds is 5. The Morgan fingerprint density at radius 3 is 2.72 bits per heavy atom. The third-order valence-corrected chi connectivity index (χ3v) is 4.07. The first-order chi connectivity index (χ1) is 8.72. The number of methoxy groups -OCH3 is 1. The zero-order chi connectivity index (χ0) is 13.0. The Labute approximate surface area is 118 Å². The van der Waals surface area contributed by atoms with Crippen LogP contribution in [0.1, 0.15) is 10.4 Å². The first-order valence-electron chi connectivity index (χ1n) is 5.36. The molecular weight excluding hydrogens is 316 g/mol. The number of hydrogen-bond donors (Lipinski definition) is 1. The lowest BCUT2D eigenvalue weighted by atomic mass is 10.2. The maximum atomic E-state index is 9.11. The van der Waals surface area contributed by atoms with Gasteiger partial charge in [-0.2, -0.15) is 0 Å². The van der Waals surface area contributed by atoms with Gasteiger partial charge in [0.15, 0.2) is 11.5 Å². The molecule has 96 valence electrons. The van der Waals surface area contributed by atoms with Crippen molar-refractivity contribution >= 4 is 27.3 Å². The summed E-state index contributed by atoms with van der Waals surface area (Å²) >= 11 is 5.04. The van der Waals surface area contributed by atoms with Crippen LogP contribution in [0.4, 0.5) is 0 Å². The summed E-state index contributed by atoms with van der Waals surface area (Å²) in [6.07, 6.45) is 0. The monoisotopic (exact) mass is 328 g/mol. The van der Waals surface area contributed by atoms with Crippen molar-refractivity contribution in [2.45, 2.75) is 13.2 Å². The van der Waals surface area contributed by atoms with E-state index in [2.05, 4.69) is 15.9 Å². The minimum absolute atomic E-state index is 0.00902. The summed E-state index contributed by atoms with van der Waals surface area (Å²) in [7, 11) is 1.60. The van der Waals surface area contributed by atoms with E-state index in [1.165, 1.54) is 0 Å². The molecule has 0 amide bonds. The summed E-state index contributed by atoms with van der Waals surface area (Å²) < 4.78 is 12.0. The molecule has 0 atom stereocenters. The minimum atomic E-state index is -0.00902. The van der Waals surface area contributed by atoms with E-state index in [-0.39, 0.29) is 6.61 Å². The summed E-state index contributed by atoms with van der Waals surface area (Å²) in [5.74, 6) is 1.32. The van der Waals surface area contributed by atoms with Crippen LogP contribution in [0.25, 0.3) is 0 Å². The van der Waals surface area contributed by atoms with Gasteiger partial charge in [0.25, 0.3) is 0 Å². The van der Waals surface area contributed by atoms with Crippen LogP contribution in [0.3, 0.4) is 0 Å². The van der Waals surface area contributed by atoms with Gasteiger partial charge in [-0.3, -0.25) is 0 Å². The van der Waals surface area contributed by atoms with E-state index < -0.39 is 0 Å². The van der Waals surface area contributed by atoms with Crippen LogP contribution in [0.15, 0.2) is 34.1 Å². The normalized spacial score (nSPS) is 10.4. The second-order valence-corrected chi connectivity index (χ2v) is 5.57. The number of ether oxygens (including phenoxy) is 2. The first kappa shape index (κ1) is 13.4. The van der Waals surface area contributed by atoms with Gasteiger partial charge in [0, 0.05) is 14.7 Å². The molecule has 1 aromatic heterocycles. The van der Waals surface area contributed by atoms with E-state index in [0.29, 0.717) is 18.1 Å². The lowest BCUT2D eigenvalue weighted by Crippen LogP contribution is -1.97. The molecule has 0 saturated carbocycles. The third-order valence-electron chi connectivity index (χ3n) is 2.40. The highest BCUT2D eigenvalue weighted by Crippen LogP contribution is 2.30. The smallest absolute Gasteiger partial charge is 0.162 e. The Balaban J connectivity index is 2.11. The van der Waals surface area contributed by atoms with Gasteiger partial charge in [-0.1, -0.05) is 6.07 Å². The van der Waals surface area contributed by atoms with Crippen LogP contribution in [0, 0.1) is 0 Å². The van der Waals surface area contributed by atoms with E-state index in [9.17, 15) is 0 Å². The Hall–Kier alpha value is -1.04. The quantitative estimate of drug-likeness (QED) is 0.911. The lowest BCUT2D eigenvalue weighted by Gasteiger charge is -2.11. The van der Waals surface area contributed by atoms with Gasteiger partial charge in [-0.05, 0) is 39.7 Å². The molecule has 0 bridgehead atoms. The van der Waals surface area contributed by atoms with Gasteiger partial charge < -0.3 is 14.6 Å². The molecule has 0 unspecified atom stereocenters. The van der Waals surface area contributed by atoms with Crippen molar-refractivity contribution in [1.82, 2.24) is 0 Å². The fourth-order valence-electron chi connectivity index (χ4n) is 1.51. The highest BCUT2D eigenvalue weighted by atomic mass is 79.9. The number of benzene rings is 1. The van der Waals surface area contributed by atoms with Crippen LogP contribution in [0.5, 0.6) is 11.5 Å². The highest BCUT2D eigenvalue weighted by molar-refractivity contribution is 9.10. The minimum Gasteiger partial charge on any atom is -0.493 e. The van der Waals surface area contributed by atoms with E-state index in [1.807, 2.05) is 17.5 Å². The summed E-state index contributed by atoms with van der Waals surface area (Å²) in [6, 6.07) is 7.42. The topological polar surface area (TPSA) is 38.7 Å². The molecule has 1 N–H and O–H groups in total. The molecule has 1 aromatic carbocycles. The fraction of sp³-hybridized carbons (Fsp3) is 0.231. The molecule has 0 aliphatic rings. The zero-order valence-corrected chi connectivity index (χ0v) is 12.3. The number of thiophene rings is 1. The molecule has 3 nitrogen and oxygen atoms in total. The molecule has 5 heteroatoms. The number of aliphatic hydroxyl groups is 1. The van der Waals surface area contributed by atoms with Crippen molar-refractivity contribution in [1.29, 1.82) is 0 Å². The Bertz CT molecular complexity index is 525. The summed E-state index contributed by atoms with van der Waals surface area (Å²) in [4.78, 5) is 1.12. The summed E-state index contributed by atoms with van der Waals surface area (Å²) in [5, 5.41) is 11.1. The van der Waals surface area contributed by atoms with Crippen LogP contribution < -0.4 is 9.47 Å². The second kappa shape index (κ2) is 6.22. The number of aliphatic hydroxyl groups excluding tert-OH is 1. The molecule has 0 spiro atoms. The summed E-state index contributed by atoms with van der Waals surface area (Å²) in [6.45, 7) is 0.479. The van der Waals surface area contributed by atoms with Crippen molar-refractivity contribution in [3.05, 3.63) is 44.6 Å². The largest absolute Gasteiger partial charge is 0.493 e. The van der Waals surface area contributed by atoms with E-state index in [0.717, 1.165) is 14.9 Å². The molecule has 0 radical (unpaired) electrons. The SMILES string of the molecule is COc1ccc(CO)cc1OCc1cc(Br)cs1. The van der Waals surface area contributed by atoms with Gasteiger partial charge >= 0.3 is 0 Å². The molecular formula is C13H13BrO3S. The molecule has 2 aromatic rings. The molecule has 2 rings (SSSR count). The van der Waals surface area contributed by atoms with Crippen molar-refractivity contribution in [2.75, 3.05) is 7.11 Å². The van der Waals surface area contributed by atoms with Gasteiger partial charge in [0.05, 0.1) is 13.7 Å². The molecule has 0 fully saturated rings. The Kier molecular flexibility index (Phi) is 4.63. The Morgan fingerprint density at radius 2 is 2.11 bits per heavy atom. The van der Waals surface area contributed by atoms with Crippen molar-refractivity contribution in [3.8, 4) is 11.5 Å². The maximum Gasteiger partial charge on any atom is 0.162 e. The fourth-order valence-corrected chi connectivity index (χ4v) is 2.87. The average Bonchev–Trinajstić information content (AvgIpc) is 2.81. The van der Waals surface area contributed by atoms with Gasteiger partial charge in [0.1, 0.15) is 6.61 Å². The van der Waals surface area contributed by atoms with Crippen molar-refractivity contribution in [3.63, 3.8) is 0 Å². The van der Waals surface area contributed by atoms with Crippen LogP contribution in [0.2, 0.25) is 0 Å². The van der Waals surface area contributed by atoms with Crippen molar-refractivity contribution in [2.24, 2.45) is 0 Å². The zero-order valence-electron chi connectivity index (χ0n) is 9.85. The molecule has 1 heterocycles. The molecule has 18 heavy (non-hydrogen) atoms. The van der Waals surface area contributed by atoms with Crippen LogP contribution in [-0.2, 0) is 13.2 Å². The maximum absolute atomic E-state index is 9.11. The predicted molar refractivity (Wildman–Crippen MR) is 75.3 cm³/mol.